The highest BCUT2D eigenvalue weighted by atomic mass is 35.5. The Balaban J connectivity index is 1.46. The lowest BCUT2D eigenvalue weighted by Gasteiger charge is -2.35. The fourth-order valence-corrected chi connectivity index (χ4v) is 3.29. The number of anilines is 1. The molecule has 1 aromatic carbocycles. The zero-order valence-electron chi connectivity index (χ0n) is 13.9. The van der Waals surface area contributed by atoms with Crippen LogP contribution in [0.4, 0.5) is 10.6 Å². The van der Waals surface area contributed by atoms with Crippen molar-refractivity contribution in [1.82, 2.24) is 10.3 Å². The van der Waals surface area contributed by atoms with Crippen LogP contribution in [0, 0.1) is 0 Å². The van der Waals surface area contributed by atoms with Crippen molar-refractivity contribution < 1.29 is 19.4 Å². The number of hydrogen-bond acceptors (Lipinski definition) is 5. The molecule has 3 heterocycles. The number of ether oxygens (including phenoxy) is 2. The van der Waals surface area contributed by atoms with E-state index < -0.39 is 5.60 Å². The second-order valence-electron chi connectivity index (χ2n) is 6.38. The van der Waals surface area contributed by atoms with Crippen LogP contribution in [-0.4, -0.2) is 35.9 Å². The fraction of sp³-hybridized carbons (Fsp3) is 0.333. The number of halogens is 1. The van der Waals surface area contributed by atoms with E-state index in [0.717, 1.165) is 5.56 Å². The van der Waals surface area contributed by atoms with E-state index in [2.05, 4.69) is 15.6 Å². The first-order chi connectivity index (χ1) is 12.5. The monoisotopic (exact) mass is 375 g/mol. The van der Waals surface area contributed by atoms with Gasteiger partial charge in [-0.3, -0.25) is 5.32 Å². The zero-order valence-corrected chi connectivity index (χ0v) is 14.6. The predicted molar refractivity (Wildman–Crippen MR) is 95.4 cm³/mol. The number of pyridine rings is 1. The van der Waals surface area contributed by atoms with Crippen molar-refractivity contribution in [3.05, 3.63) is 52.7 Å². The van der Waals surface area contributed by atoms with Gasteiger partial charge in [0.05, 0.1) is 36.6 Å². The SMILES string of the molecule is O=C(Nc1cccc(C2(O)COC2)n1)N[C@H]1CCOc2c(Cl)cccc21. The number of nitrogens with zero attached hydrogens (tertiary/aromatic N) is 1. The smallest absolute Gasteiger partial charge is 0.320 e. The highest BCUT2D eigenvalue weighted by molar-refractivity contribution is 6.32. The summed E-state index contributed by atoms with van der Waals surface area (Å²) >= 11 is 6.16. The Labute approximate surface area is 155 Å². The summed E-state index contributed by atoms with van der Waals surface area (Å²) in [6.07, 6.45) is 0.644. The Bertz CT molecular complexity index is 841. The summed E-state index contributed by atoms with van der Waals surface area (Å²) in [6, 6.07) is 9.99. The number of aromatic nitrogens is 1. The maximum Gasteiger partial charge on any atom is 0.320 e. The van der Waals surface area contributed by atoms with E-state index in [1.807, 2.05) is 12.1 Å². The summed E-state index contributed by atoms with van der Waals surface area (Å²) in [5, 5.41) is 16.5. The van der Waals surface area contributed by atoms with E-state index in [1.165, 1.54) is 0 Å². The standard InChI is InChI=1S/C18H18ClN3O4/c19-12-4-1-3-11-13(7-8-26-16(11)12)20-17(23)22-15-6-2-5-14(21-15)18(24)9-25-10-18/h1-6,13,24H,7-10H2,(H2,20,21,22,23)/t13-/m0/s1. The molecular weight excluding hydrogens is 358 g/mol. The molecule has 0 unspecified atom stereocenters. The average Bonchev–Trinajstić information content (AvgIpc) is 2.61. The van der Waals surface area contributed by atoms with Gasteiger partial charge < -0.3 is 19.9 Å². The summed E-state index contributed by atoms with van der Waals surface area (Å²) < 4.78 is 10.6. The normalized spacial score (nSPS) is 20.3. The van der Waals surface area contributed by atoms with E-state index in [0.29, 0.717) is 35.3 Å². The minimum absolute atomic E-state index is 0.204. The van der Waals surface area contributed by atoms with E-state index in [9.17, 15) is 9.90 Å². The third kappa shape index (κ3) is 3.21. The predicted octanol–water partition coefficient (Wildman–Crippen LogP) is 2.60. The van der Waals surface area contributed by atoms with Crippen molar-refractivity contribution in [2.24, 2.45) is 0 Å². The molecule has 136 valence electrons. The number of para-hydroxylation sites is 1. The highest BCUT2D eigenvalue weighted by Gasteiger charge is 2.39. The summed E-state index contributed by atoms with van der Waals surface area (Å²) in [4.78, 5) is 16.7. The molecule has 0 aliphatic carbocycles. The van der Waals surface area contributed by atoms with Crippen LogP contribution < -0.4 is 15.4 Å². The Kier molecular flexibility index (Phi) is 4.44. The molecule has 8 heteroatoms. The van der Waals surface area contributed by atoms with Gasteiger partial charge in [-0.15, -0.1) is 0 Å². The number of urea groups is 1. The van der Waals surface area contributed by atoms with Gasteiger partial charge in [0.1, 0.15) is 11.6 Å². The number of nitrogens with one attached hydrogen (secondary N) is 2. The fourth-order valence-electron chi connectivity index (χ4n) is 3.05. The molecule has 0 saturated carbocycles. The van der Waals surface area contributed by atoms with Crippen molar-refractivity contribution in [3.63, 3.8) is 0 Å². The second-order valence-corrected chi connectivity index (χ2v) is 6.79. The van der Waals surface area contributed by atoms with Crippen molar-refractivity contribution in [2.45, 2.75) is 18.1 Å². The lowest BCUT2D eigenvalue weighted by Crippen LogP contribution is -2.47. The largest absolute Gasteiger partial charge is 0.492 e. The highest BCUT2D eigenvalue weighted by Crippen LogP contribution is 2.37. The van der Waals surface area contributed by atoms with Gasteiger partial charge >= 0.3 is 6.03 Å². The van der Waals surface area contributed by atoms with Crippen LogP contribution in [-0.2, 0) is 10.3 Å². The molecule has 2 aliphatic rings. The Morgan fingerprint density at radius 3 is 2.85 bits per heavy atom. The van der Waals surface area contributed by atoms with Crippen LogP contribution in [0.2, 0.25) is 5.02 Å². The average molecular weight is 376 g/mol. The number of carbonyl (C=O) groups excluding carboxylic acids is 1. The van der Waals surface area contributed by atoms with Crippen molar-refractivity contribution in [1.29, 1.82) is 0 Å². The summed E-state index contributed by atoms with van der Waals surface area (Å²) in [5.74, 6) is 0.969. The lowest BCUT2D eigenvalue weighted by molar-refractivity contribution is -0.186. The van der Waals surface area contributed by atoms with Crippen LogP contribution in [0.15, 0.2) is 36.4 Å². The van der Waals surface area contributed by atoms with Crippen LogP contribution in [0.5, 0.6) is 5.75 Å². The number of benzene rings is 1. The number of carbonyl (C=O) groups is 1. The molecule has 0 spiro atoms. The minimum atomic E-state index is -1.08. The number of hydrogen-bond donors (Lipinski definition) is 3. The molecule has 1 atom stereocenters. The Hall–Kier alpha value is -2.35. The number of rotatable bonds is 3. The molecule has 0 bridgehead atoms. The molecule has 2 amide bonds. The van der Waals surface area contributed by atoms with Crippen LogP contribution in [0.25, 0.3) is 0 Å². The molecule has 3 N–H and O–H groups in total. The molecule has 1 saturated heterocycles. The first-order valence-electron chi connectivity index (χ1n) is 8.31. The van der Waals surface area contributed by atoms with Crippen molar-refractivity contribution >= 4 is 23.4 Å². The van der Waals surface area contributed by atoms with Gasteiger partial charge in [0.2, 0.25) is 0 Å². The van der Waals surface area contributed by atoms with Crippen LogP contribution in [0.3, 0.4) is 0 Å². The van der Waals surface area contributed by atoms with E-state index in [4.69, 9.17) is 21.1 Å². The van der Waals surface area contributed by atoms with Gasteiger partial charge in [-0.1, -0.05) is 29.8 Å². The number of fused-ring (bicyclic) bond motifs is 1. The molecule has 2 aliphatic heterocycles. The van der Waals surface area contributed by atoms with Gasteiger partial charge in [-0.05, 0) is 18.2 Å². The third-order valence-electron chi connectivity index (χ3n) is 4.48. The molecule has 2 aromatic rings. The molecule has 26 heavy (non-hydrogen) atoms. The first-order valence-corrected chi connectivity index (χ1v) is 8.69. The van der Waals surface area contributed by atoms with Crippen molar-refractivity contribution in [2.75, 3.05) is 25.1 Å². The van der Waals surface area contributed by atoms with Gasteiger partial charge in [-0.2, -0.15) is 0 Å². The molecule has 1 aromatic heterocycles. The molecule has 1 fully saturated rings. The topological polar surface area (TPSA) is 92.7 Å². The number of amides is 2. The third-order valence-corrected chi connectivity index (χ3v) is 4.78. The van der Waals surface area contributed by atoms with Crippen molar-refractivity contribution in [3.8, 4) is 5.75 Å². The second kappa shape index (κ2) is 6.75. The maximum absolute atomic E-state index is 12.4. The van der Waals surface area contributed by atoms with E-state index in [-0.39, 0.29) is 25.3 Å². The Morgan fingerprint density at radius 1 is 1.27 bits per heavy atom. The summed E-state index contributed by atoms with van der Waals surface area (Å²) in [6.45, 7) is 0.882. The lowest BCUT2D eigenvalue weighted by atomic mass is 9.97. The van der Waals surface area contributed by atoms with E-state index in [1.54, 1.807) is 24.3 Å². The molecule has 4 rings (SSSR count). The van der Waals surface area contributed by atoms with Crippen LogP contribution in [0.1, 0.15) is 23.7 Å². The molecular formula is C18H18ClN3O4. The van der Waals surface area contributed by atoms with Gasteiger partial charge in [0, 0.05) is 12.0 Å². The van der Waals surface area contributed by atoms with E-state index >= 15 is 0 Å². The summed E-state index contributed by atoms with van der Waals surface area (Å²) in [5.41, 5.74) is 0.246. The zero-order chi connectivity index (χ0) is 18.1. The minimum Gasteiger partial charge on any atom is -0.492 e. The molecule has 7 nitrogen and oxygen atoms in total. The maximum atomic E-state index is 12.4. The quantitative estimate of drug-likeness (QED) is 0.766. The van der Waals surface area contributed by atoms with Crippen LogP contribution >= 0.6 is 11.6 Å². The van der Waals surface area contributed by atoms with Gasteiger partial charge in [0.15, 0.2) is 5.60 Å². The summed E-state index contributed by atoms with van der Waals surface area (Å²) in [7, 11) is 0. The van der Waals surface area contributed by atoms with Gasteiger partial charge in [-0.25, -0.2) is 9.78 Å². The molecule has 0 radical (unpaired) electrons. The Morgan fingerprint density at radius 2 is 2.08 bits per heavy atom. The first kappa shape index (κ1) is 17.1. The number of aliphatic hydroxyl groups is 1. The van der Waals surface area contributed by atoms with Gasteiger partial charge in [0.25, 0.3) is 0 Å².